The Hall–Kier alpha value is -1.60. The maximum absolute atomic E-state index is 12.6. The molecule has 0 saturated carbocycles. The van der Waals surface area contributed by atoms with Crippen molar-refractivity contribution in [3.63, 3.8) is 0 Å². The zero-order valence-corrected chi connectivity index (χ0v) is 13.8. The van der Waals surface area contributed by atoms with Crippen LogP contribution >= 0.6 is 34.8 Å². The van der Waals surface area contributed by atoms with E-state index in [9.17, 15) is 9.90 Å². The highest BCUT2D eigenvalue weighted by atomic mass is 35.6. The van der Waals surface area contributed by atoms with Crippen LogP contribution in [0.15, 0.2) is 52.4 Å². The molecule has 1 aliphatic heterocycles. The van der Waals surface area contributed by atoms with Crippen LogP contribution in [0.3, 0.4) is 0 Å². The first kappa shape index (κ1) is 16.3. The molecule has 1 atom stereocenters. The Morgan fingerprint density at radius 1 is 1.30 bits per heavy atom. The van der Waals surface area contributed by atoms with E-state index >= 15 is 0 Å². The number of aliphatic hydroxyl groups is 1. The molecule has 3 rings (SSSR count). The van der Waals surface area contributed by atoms with Crippen LogP contribution < -0.4 is 0 Å². The van der Waals surface area contributed by atoms with Crippen LogP contribution in [0.25, 0.3) is 0 Å². The fourth-order valence-electron chi connectivity index (χ4n) is 2.18. The second kappa shape index (κ2) is 5.79. The second-order valence-corrected chi connectivity index (χ2v) is 7.15. The standard InChI is InChI=1S/C14H10Cl3N3O3/c15-14(16,17)13(22)8-10(11-2-1-7-23-11)19-20(13)12(21)9-3-5-18-6-4-9/h1-7,22H,8H2. The van der Waals surface area contributed by atoms with Gasteiger partial charge in [-0.15, -0.1) is 0 Å². The highest BCUT2D eigenvalue weighted by Gasteiger charge is 2.58. The van der Waals surface area contributed by atoms with Crippen molar-refractivity contribution in [2.75, 3.05) is 0 Å². The predicted molar refractivity (Wildman–Crippen MR) is 85.5 cm³/mol. The maximum Gasteiger partial charge on any atom is 0.276 e. The smallest absolute Gasteiger partial charge is 0.276 e. The lowest BCUT2D eigenvalue weighted by Gasteiger charge is -2.36. The summed E-state index contributed by atoms with van der Waals surface area (Å²) in [4.78, 5) is 16.5. The Morgan fingerprint density at radius 2 is 2.00 bits per heavy atom. The molecule has 6 nitrogen and oxygen atoms in total. The van der Waals surface area contributed by atoms with E-state index in [1.807, 2.05) is 0 Å². The molecule has 0 fully saturated rings. The van der Waals surface area contributed by atoms with E-state index in [4.69, 9.17) is 39.2 Å². The highest BCUT2D eigenvalue weighted by molar-refractivity contribution is 6.68. The lowest BCUT2D eigenvalue weighted by Crippen LogP contribution is -2.55. The summed E-state index contributed by atoms with van der Waals surface area (Å²) < 4.78 is 3.07. The van der Waals surface area contributed by atoms with Crippen molar-refractivity contribution in [3.8, 4) is 0 Å². The number of alkyl halides is 3. The normalized spacial score (nSPS) is 21.4. The van der Waals surface area contributed by atoms with E-state index in [0.29, 0.717) is 11.5 Å². The van der Waals surface area contributed by atoms with Crippen LogP contribution in [0, 0.1) is 0 Å². The van der Waals surface area contributed by atoms with Crippen LogP contribution in [0.1, 0.15) is 22.5 Å². The quantitative estimate of drug-likeness (QED) is 0.820. The number of amides is 1. The number of hydrogen-bond acceptors (Lipinski definition) is 5. The number of nitrogens with zero attached hydrogens (tertiary/aromatic N) is 3. The van der Waals surface area contributed by atoms with Gasteiger partial charge in [-0.2, -0.15) is 10.1 Å². The lowest BCUT2D eigenvalue weighted by atomic mass is 10.1. The van der Waals surface area contributed by atoms with Crippen molar-refractivity contribution >= 4 is 46.4 Å². The number of aromatic nitrogens is 1. The largest absolute Gasteiger partial charge is 0.463 e. The average molecular weight is 375 g/mol. The third-order valence-electron chi connectivity index (χ3n) is 3.36. The van der Waals surface area contributed by atoms with Crippen molar-refractivity contribution in [2.24, 2.45) is 5.10 Å². The van der Waals surface area contributed by atoms with Crippen LogP contribution in [0.4, 0.5) is 0 Å². The number of hydrazone groups is 1. The van der Waals surface area contributed by atoms with Crippen molar-refractivity contribution in [1.82, 2.24) is 9.99 Å². The van der Waals surface area contributed by atoms with Gasteiger partial charge in [0.15, 0.2) is 0 Å². The number of hydrogen-bond donors (Lipinski definition) is 1. The Morgan fingerprint density at radius 3 is 2.57 bits per heavy atom. The molecular formula is C14H10Cl3N3O3. The van der Waals surface area contributed by atoms with E-state index in [1.54, 1.807) is 12.1 Å². The van der Waals surface area contributed by atoms with Crippen molar-refractivity contribution in [2.45, 2.75) is 15.9 Å². The van der Waals surface area contributed by atoms with Gasteiger partial charge in [0.25, 0.3) is 5.91 Å². The van der Waals surface area contributed by atoms with Crippen LogP contribution in [-0.2, 0) is 0 Å². The van der Waals surface area contributed by atoms with Gasteiger partial charge in [0.2, 0.25) is 9.52 Å². The molecule has 0 spiro atoms. The molecule has 3 heterocycles. The first-order valence-electron chi connectivity index (χ1n) is 6.48. The molecule has 1 aliphatic rings. The van der Waals surface area contributed by atoms with Crippen molar-refractivity contribution < 1.29 is 14.3 Å². The van der Waals surface area contributed by atoms with Gasteiger partial charge in [0.05, 0.1) is 6.26 Å². The molecule has 2 aromatic heterocycles. The summed E-state index contributed by atoms with van der Waals surface area (Å²) in [7, 11) is 0. The van der Waals surface area contributed by atoms with Gasteiger partial charge in [-0.3, -0.25) is 9.78 Å². The highest BCUT2D eigenvalue weighted by Crippen LogP contribution is 2.46. The van der Waals surface area contributed by atoms with Crippen molar-refractivity contribution in [1.29, 1.82) is 0 Å². The van der Waals surface area contributed by atoms with Crippen molar-refractivity contribution in [3.05, 3.63) is 54.2 Å². The number of carbonyl (C=O) groups excluding carboxylic acids is 1. The summed E-state index contributed by atoms with van der Waals surface area (Å²) in [6, 6.07) is 6.24. The van der Waals surface area contributed by atoms with Gasteiger partial charge in [-0.05, 0) is 24.3 Å². The van der Waals surface area contributed by atoms with E-state index in [-0.39, 0.29) is 12.0 Å². The molecule has 0 aliphatic carbocycles. The molecule has 2 aromatic rings. The molecule has 9 heteroatoms. The Labute approximate surface area is 146 Å². The van der Waals surface area contributed by atoms with E-state index in [1.165, 1.54) is 30.8 Å². The summed E-state index contributed by atoms with van der Waals surface area (Å²) in [5, 5.41) is 15.7. The van der Waals surface area contributed by atoms with Gasteiger partial charge < -0.3 is 9.52 Å². The maximum atomic E-state index is 12.6. The fraction of sp³-hybridized carbons (Fsp3) is 0.214. The molecule has 0 saturated heterocycles. The van der Waals surface area contributed by atoms with Crippen LogP contribution in [-0.4, -0.2) is 36.2 Å². The molecule has 1 amide bonds. The molecule has 0 radical (unpaired) electrons. The van der Waals surface area contributed by atoms with Gasteiger partial charge in [0, 0.05) is 24.4 Å². The second-order valence-electron chi connectivity index (χ2n) is 4.87. The minimum absolute atomic E-state index is 0.187. The molecular weight excluding hydrogens is 365 g/mol. The first-order valence-corrected chi connectivity index (χ1v) is 7.61. The minimum atomic E-state index is -2.17. The molecule has 1 N–H and O–H groups in total. The average Bonchev–Trinajstić information content (AvgIpc) is 3.15. The lowest BCUT2D eigenvalue weighted by molar-refractivity contribution is -0.0672. The van der Waals surface area contributed by atoms with Crippen LogP contribution in [0.2, 0.25) is 0 Å². The summed E-state index contributed by atoms with van der Waals surface area (Å²) >= 11 is 17.7. The first-order chi connectivity index (χ1) is 10.8. The SMILES string of the molecule is O=C(c1ccncc1)N1N=C(c2ccco2)CC1(O)C(Cl)(Cl)Cl. The zero-order valence-electron chi connectivity index (χ0n) is 11.5. The van der Waals surface area contributed by atoms with Gasteiger partial charge in [-0.1, -0.05) is 34.8 Å². The van der Waals surface area contributed by atoms with Gasteiger partial charge in [0.1, 0.15) is 11.5 Å². The summed E-state index contributed by atoms with van der Waals surface area (Å²) in [6.07, 6.45) is 4.14. The Bertz CT molecular complexity index is 744. The summed E-state index contributed by atoms with van der Waals surface area (Å²) in [5.41, 5.74) is -1.59. The van der Waals surface area contributed by atoms with Gasteiger partial charge >= 0.3 is 0 Å². The third kappa shape index (κ3) is 2.83. The summed E-state index contributed by atoms with van der Waals surface area (Å²) in [5.74, 6) is -0.245. The van der Waals surface area contributed by atoms with E-state index in [0.717, 1.165) is 5.01 Å². The number of rotatable bonds is 2. The summed E-state index contributed by atoms with van der Waals surface area (Å²) in [6.45, 7) is 0. The predicted octanol–water partition coefficient (Wildman–Crippen LogP) is 2.98. The number of halogens is 3. The third-order valence-corrected chi connectivity index (χ3v) is 4.27. The zero-order chi connectivity index (χ0) is 16.7. The topological polar surface area (TPSA) is 78.9 Å². The minimum Gasteiger partial charge on any atom is -0.463 e. The molecule has 120 valence electrons. The van der Waals surface area contributed by atoms with E-state index < -0.39 is 15.4 Å². The number of carbonyl (C=O) groups is 1. The Kier molecular flexibility index (Phi) is 4.10. The molecule has 0 bridgehead atoms. The molecule has 1 unspecified atom stereocenters. The van der Waals surface area contributed by atoms with Gasteiger partial charge in [-0.25, -0.2) is 0 Å². The van der Waals surface area contributed by atoms with Crippen LogP contribution in [0.5, 0.6) is 0 Å². The number of pyridine rings is 1. The fourth-order valence-corrected chi connectivity index (χ4v) is 2.62. The number of furan rings is 1. The van der Waals surface area contributed by atoms with E-state index in [2.05, 4.69) is 10.1 Å². The monoisotopic (exact) mass is 373 g/mol. The molecule has 0 aromatic carbocycles. The molecule has 23 heavy (non-hydrogen) atoms. The Balaban J connectivity index is 2.04.